The van der Waals surface area contributed by atoms with Gasteiger partial charge < -0.3 is 10.0 Å². The Balaban J connectivity index is 1.77. The van der Waals surface area contributed by atoms with Gasteiger partial charge >= 0.3 is 0 Å². The fourth-order valence-electron chi connectivity index (χ4n) is 2.73. The van der Waals surface area contributed by atoms with E-state index in [1.807, 2.05) is 0 Å². The zero-order valence-corrected chi connectivity index (χ0v) is 9.55. The summed E-state index contributed by atoms with van der Waals surface area (Å²) in [7, 11) is 0. The maximum absolute atomic E-state index is 9.24. The van der Waals surface area contributed by atoms with Gasteiger partial charge in [-0.3, -0.25) is 0 Å². The number of hydrogen-bond acceptors (Lipinski definition) is 2. The Morgan fingerprint density at radius 3 is 2.00 bits per heavy atom. The van der Waals surface area contributed by atoms with E-state index in [0.29, 0.717) is 17.4 Å². The molecule has 2 fully saturated rings. The zero-order valence-electron chi connectivity index (χ0n) is 9.55. The summed E-state index contributed by atoms with van der Waals surface area (Å²) in [6.45, 7) is 8.68. The van der Waals surface area contributed by atoms with Crippen molar-refractivity contribution in [1.82, 2.24) is 4.90 Å². The maximum atomic E-state index is 9.24. The second kappa shape index (κ2) is 3.49. The number of rotatable bonds is 5. The number of aliphatic hydroxyl groups excluding tert-OH is 1. The van der Waals surface area contributed by atoms with E-state index < -0.39 is 0 Å². The van der Waals surface area contributed by atoms with E-state index in [1.165, 1.54) is 38.8 Å². The van der Waals surface area contributed by atoms with Gasteiger partial charge in [-0.05, 0) is 31.1 Å². The normalized spacial score (nSPS) is 28.5. The first kappa shape index (κ1) is 10.4. The van der Waals surface area contributed by atoms with Crippen LogP contribution in [-0.4, -0.2) is 36.2 Å². The van der Waals surface area contributed by atoms with Crippen LogP contribution in [0.1, 0.15) is 39.5 Å². The molecule has 0 aromatic carbocycles. The Morgan fingerprint density at radius 2 is 1.64 bits per heavy atom. The first-order chi connectivity index (χ1) is 6.67. The molecule has 1 saturated carbocycles. The molecule has 1 heterocycles. The summed E-state index contributed by atoms with van der Waals surface area (Å²) >= 11 is 0. The fourth-order valence-corrected chi connectivity index (χ4v) is 2.73. The lowest BCUT2D eigenvalue weighted by atomic mass is 9.75. The van der Waals surface area contributed by atoms with Gasteiger partial charge in [0.05, 0.1) is 0 Å². The van der Waals surface area contributed by atoms with Crippen LogP contribution in [0.5, 0.6) is 0 Å². The van der Waals surface area contributed by atoms with E-state index in [2.05, 4.69) is 18.7 Å². The van der Waals surface area contributed by atoms with E-state index in [0.717, 1.165) is 6.54 Å². The van der Waals surface area contributed by atoms with Crippen LogP contribution in [0.3, 0.4) is 0 Å². The number of aliphatic hydroxyl groups is 1. The van der Waals surface area contributed by atoms with Crippen molar-refractivity contribution in [2.45, 2.75) is 39.5 Å². The molecule has 0 aromatic rings. The predicted octanol–water partition coefficient (Wildman–Crippen LogP) is 1.88. The van der Waals surface area contributed by atoms with Crippen molar-refractivity contribution in [1.29, 1.82) is 0 Å². The molecule has 0 unspecified atom stereocenters. The van der Waals surface area contributed by atoms with Crippen molar-refractivity contribution < 1.29 is 5.11 Å². The smallest absolute Gasteiger partial charge is 0.0499 e. The monoisotopic (exact) mass is 197 g/mol. The molecule has 0 spiro atoms. The molecule has 0 radical (unpaired) electrons. The lowest BCUT2D eigenvalue weighted by molar-refractivity contribution is -0.0254. The average molecular weight is 197 g/mol. The molecule has 2 aliphatic rings. The van der Waals surface area contributed by atoms with Gasteiger partial charge in [-0.1, -0.05) is 13.8 Å². The summed E-state index contributed by atoms with van der Waals surface area (Å²) in [4.78, 5) is 2.54. The zero-order chi connectivity index (χ0) is 10.2. The number of nitrogens with zero attached hydrogens (tertiary/aromatic N) is 1. The third-order valence-electron chi connectivity index (χ3n) is 4.47. The van der Waals surface area contributed by atoms with Crippen LogP contribution in [0.15, 0.2) is 0 Å². The van der Waals surface area contributed by atoms with Gasteiger partial charge in [0.25, 0.3) is 0 Å². The molecule has 1 saturated heterocycles. The second-order valence-electron chi connectivity index (χ2n) is 5.51. The first-order valence-corrected chi connectivity index (χ1v) is 6.01. The van der Waals surface area contributed by atoms with Gasteiger partial charge in [0.1, 0.15) is 0 Å². The molecule has 0 atom stereocenters. The van der Waals surface area contributed by atoms with Crippen molar-refractivity contribution in [3.8, 4) is 0 Å². The Kier molecular flexibility index (Phi) is 2.61. The molecule has 1 aliphatic heterocycles. The van der Waals surface area contributed by atoms with Crippen LogP contribution in [-0.2, 0) is 0 Å². The molecular formula is C12H23NO. The van der Waals surface area contributed by atoms with Gasteiger partial charge in [0.2, 0.25) is 0 Å². The number of likely N-dealkylation sites (tertiary alicyclic amines) is 1. The van der Waals surface area contributed by atoms with Crippen LogP contribution < -0.4 is 0 Å². The minimum atomic E-state index is 0.313. The molecular weight excluding hydrogens is 174 g/mol. The maximum Gasteiger partial charge on any atom is 0.0499 e. The van der Waals surface area contributed by atoms with Gasteiger partial charge in [0.15, 0.2) is 0 Å². The Hall–Kier alpha value is -0.0800. The topological polar surface area (TPSA) is 23.5 Å². The van der Waals surface area contributed by atoms with Crippen LogP contribution in [0.2, 0.25) is 0 Å². The Labute approximate surface area is 87.3 Å². The summed E-state index contributed by atoms with van der Waals surface area (Å²) in [5.41, 5.74) is 0.930. The van der Waals surface area contributed by atoms with E-state index in [-0.39, 0.29) is 0 Å². The van der Waals surface area contributed by atoms with Gasteiger partial charge in [-0.2, -0.15) is 0 Å². The van der Waals surface area contributed by atoms with Crippen molar-refractivity contribution >= 4 is 0 Å². The Morgan fingerprint density at radius 1 is 1.07 bits per heavy atom. The van der Waals surface area contributed by atoms with Crippen molar-refractivity contribution in [2.75, 3.05) is 26.2 Å². The van der Waals surface area contributed by atoms with E-state index in [4.69, 9.17) is 0 Å². The second-order valence-corrected chi connectivity index (χ2v) is 5.51. The molecule has 0 aromatic heterocycles. The lowest BCUT2D eigenvalue weighted by Crippen LogP contribution is -2.57. The van der Waals surface area contributed by atoms with Gasteiger partial charge in [-0.25, -0.2) is 0 Å². The molecule has 14 heavy (non-hydrogen) atoms. The molecule has 2 heteroatoms. The highest BCUT2D eigenvalue weighted by atomic mass is 16.3. The third kappa shape index (κ3) is 1.70. The van der Waals surface area contributed by atoms with Crippen LogP contribution >= 0.6 is 0 Å². The molecule has 0 bridgehead atoms. The average Bonchev–Trinajstić information content (AvgIpc) is 2.92. The van der Waals surface area contributed by atoms with Crippen LogP contribution in [0, 0.1) is 10.8 Å². The van der Waals surface area contributed by atoms with Crippen LogP contribution in [0.25, 0.3) is 0 Å². The molecule has 1 N–H and O–H groups in total. The first-order valence-electron chi connectivity index (χ1n) is 6.01. The van der Waals surface area contributed by atoms with Gasteiger partial charge in [0, 0.05) is 31.7 Å². The highest BCUT2D eigenvalue weighted by Crippen LogP contribution is 2.48. The third-order valence-corrected chi connectivity index (χ3v) is 4.47. The SMILES string of the molecule is CCC1(CC)CN(CC2(CO)CC2)C1. The molecule has 1 aliphatic carbocycles. The minimum Gasteiger partial charge on any atom is -0.396 e. The summed E-state index contributed by atoms with van der Waals surface area (Å²) < 4.78 is 0. The fraction of sp³-hybridized carbons (Fsp3) is 1.00. The quantitative estimate of drug-likeness (QED) is 0.727. The largest absolute Gasteiger partial charge is 0.396 e. The molecule has 2 nitrogen and oxygen atoms in total. The highest BCUT2D eigenvalue weighted by Gasteiger charge is 2.48. The van der Waals surface area contributed by atoms with Crippen LogP contribution in [0.4, 0.5) is 0 Å². The number of hydrogen-bond donors (Lipinski definition) is 1. The summed E-state index contributed by atoms with van der Waals surface area (Å²) in [5.74, 6) is 0. The van der Waals surface area contributed by atoms with E-state index in [1.54, 1.807) is 0 Å². The minimum absolute atomic E-state index is 0.313. The summed E-state index contributed by atoms with van der Waals surface area (Å²) in [6.07, 6.45) is 5.11. The Bertz CT molecular complexity index is 198. The summed E-state index contributed by atoms with van der Waals surface area (Å²) in [6, 6.07) is 0. The molecule has 2 rings (SSSR count). The van der Waals surface area contributed by atoms with Crippen molar-refractivity contribution in [3.05, 3.63) is 0 Å². The van der Waals surface area contributed by atoms with E-state index >= 15 is 0 Å². The van der Waals surface area contributed by atoms with Gasteiger partial charge in [-0.15, -0.1) is 0 Å². The predicted molar refractivity (Wildman–Crippen MR) is 58.2 cm³/mol. The lowest BCUT2D eigenvalue weighted by Gasteiger charge is -2.51. The van der Waals surface area contributed by atoms with Crippen molar-refractivity contribution in [3.63, 3.8) is 0 Å². The van der Waals surface area contributed by atoms with Crippen molar-refractivity contribution in [2.24, 2.45) is 10.8 Å². The molecule has 82 valence electrons. The standard InChI is InChI=1S/C12H23NO/c1-3-11(4-2)7-13(8-11)9-12(10-14)5-6-12/h14H,3-10H2,1-2H3. The highest BCUT2D eigenvalue weighted by molar-refractivity contribution is 5.00. The summed E-state index contributed by atoms with van der Waals surface area (Å²) in [5, 5.41) is 9.24. The van der Waals surface area contributed by atoms with E-state index in [9.17, 15) is 5.11 Å². The molecule has 0 amide bonds.